The van der Waals surface area contributed by atoms with Crippen molar-refractivity contribution < 1.29 is 0 Å². The van der Waals surface area contributed by atoms with E-state index in [2.05, 4.69) is 50.2 Å². The van der Waals surface area contributed by atoms with E-state index in [1.807, 2.05) is 6.20 Å². The molecule has 0 radical (unpaired) electrons. The van der Waals surface area contributed by atoms with Crippen LogP contribution in [0.3, 0.4) is 0 Å². The molecule has 0 spiro atoms. The number of hydrogen-bond acceptors (Lipinski definition) is 3. The fraction of sp³-hybridized carbons (Fsp3) is 0.294. The zero-order valence-electron chi connectivity index (χ0n) is 11.9. The second kappa shape index (κ2) is 5.30. The Hall–Kier alpha value is -2.20. The minimum absolute atomic E-state index is 0.928. The van der Waals surface area contributed by atoms with Gasteiger partial charge in [-0.15, -0.1) is 0 Å². The lowest BCUT2D eigenvalue weighted by atomic mass is 10.1. The van der Waals surface area contributed by atoms with Crippen molar-refractivity contribution in [3.05, 3.63) is 59.7 Å². The normalized spacial score (nSPS) is 14.3. The predicted octanol–water partition coefficient (Wildman–Crippen LogP) is 2.32. The van der Waals surface area contributed by atoms with Gasteiger partial charge in [0.1, 0.15) is 12.0 Å². The summed E-state index contributed by atoms with van der Waals surface area (Å²) in [5.74, 6) is 0. The van der Waals surface area contributed by atoms with E-state index >= 15 is 0 Å². The topological polar surface area (TPSA) is 42.7 Å². The lowest BCUT2D eigenvalue weighted by Gasteiger charge is -2.16. The molecule has 3 heterocycles. The quantitative estimate of drug-likeness (QED) is 0.799. The molecule has 3 aromatic rings. The lowest BCUT2D eigenvalue weighted by Crippen LogP contribution is -2.24. The monoisotopic (exact) mass is 278 g/mol. The molecule has 0 amide bonds. The third kappa shape index (κ3) is 2.21. The van der Waals surface area contributed by atoms with Crippen molar-refractivity contribution >= 4 is 11.0 Å². The summed E-state index contributed by atoms with van der Waals surface area (Å²) in [6.45, 7) is 2.95. The maximum atomic E-state index is 4.52. The van der Waals surface area contributed by atoms with E-state index < -0.39 is 0 Å². The van der Waals surface area contributed by atoms with Crippen molar-refractivity contribution in [1.82, 2.24) is 19.9 Å². The molecule has 0 unspecified atom stereocenters. The molecule has 4 rings (SSSR count). The molecule has 4 heteroatoms. The van der Waals surface area contributed by atoms with E-state index in [9.17, 15) is 0 Å². The Kier molecular flexibility index (Phi) is 3.16. The molecule has 0 atom stereocenters. The van der Waals surface area contributed by atoms with Crippen LogP contribution in [0.25, 0.3) is 11.0 Å². The van der Waals surface area contributed by atoms with Gasteiger partial charge in [0.25, 0.3) is 0 Å². The minimum atomic E-state index is 0.928. The molecule has 0 aliphatic carbocycles. The summed E-state index contributed by atoms with van der Waals surface area (Å²) >= 11 is 0. The standard InChI is InChI=1S/C17H18N4/c1-2-4-13(5-3-1)7-9-21-16-6-8-18-10-14(16)15-11-19-12-20-17(15)21/h1-5,11-12,18H,6-10H2. The molecule has 1 aliphatic heterocycles. The average molecular weight is 278 g/mol. The van der Waals surface area contributed by atoms with Crippen LogP contribution in [0.2, 0.25) is 0 Å². The van der Waals surface area contributed by atoms with Crippen molar-refractivity contribution in [2.45, 2.75) is 25.9 Å². The van der Waals surface area contributed by atoms with Crippen LogP contribution in [0.5, 0.6) is 0 Å². The molecular weight excluding hydrogens is 260 g/mol. The lowest BCUT2D eigenvalue weighted by molar-refractivity contribution is 0.593. The van der Waals surface area contributed by atoms with Crippen molar-refractivity contribution in [1.29, 1.82) is 0 Å². The first-order valence-electron chi connectivity index (χ1n) is 7.48. The number of hydrogen-bond donors (Lipinski definition) is 1. The number of aryl methyl sites for hydroxylation is 2. The second-order valence-electron chi connectivity index (χ2n) is 5.50. The Bertz CT molecular complexity index is 761. The summed E-state index contributed by atoms with van der Waals surface area (Å²) in [5, 5.41) is 4.65. The number of aromatic nitrogens is 3. The van der Waals surface area contributed by atoms with Gasteiger partial charge in [-0.05, 0) is 17.5 Å². The highest BCUT2D eigenvalue weighted by molar-refractivity contribution is 5.81. The van der Waals surface area contributed by atoms with Gasteiger partial charge in [0.2, 0.25) is 0 Å². The zero-order valence-corrected chi connectivity index (χ0v) is 11.9. The SMILES string of the molecule is c1ccc(CCn2c3c(c4cncnc42)CNCC3)cc1. The Morgan fingerprint density at radius 2 is 2.10 bits per heavy atom. The van der Waals surface area contributed by atoms with Gasteiger partial charge in [-0.1, -0.05) is 30.3 Å². The van der Waals surface area contributed by atoms with Crippen LogP contribution >= 0.6 is 0 Å². The van der Waals surface area contributed by atoms with Gasteiger partial charge in [-0.25, -0.2) is 9.97 Å². The van der Waals surface area contributed by atoms with Crippen LogP contribution in [0.1, 0.15) is 16.8 Å². The number of benzene rings is 1. The van der Waals surface area contributed by atoms with Gasteiger partial charge in [0, 0.05) is 43.3 Å². The minimum Gasteiger partial charge on any atom is -0.329 e. The summed E-state index contributed by atoms with van der Waals surface area (Å²) in [6, 6.07) is 10.6. The Morgan fingerprint density at radius 3 is 3.00 bits per heavy atom. The van der Waals surface area contributed by atoms with E-state index in [-0.39, 0.29) is 0 Å². The summed E-state index contributed by atoms with van der Waals surface area (Å²) < 4.78 is 2.39. The van der Waals surface area contributed by atoms with E-state index in [1.165, 1.54) is 22.2 Å². The summed E-state index contributed by atoms with van der Waals surface area (Å²) in [6.07, 6.45) is 5.71. The zero-order chi connectivity index (χ0) is 14.1. The van der Waals surface area contributed by atoms with Gasteiger partial charge < -0.3 is 9.88 Å². The summed E-state index contributed by atoms with van der Waals surface area (Å²) in [4.78, 5) is 8.72. The first-order valence-corrected chi connectivity index (χ1v) is 7.48. The van der Waals surface area contributed by atoms with Crippen LogP contribution in [-0.2, 0) is 25.9 Å². The van der Waals surface area contributed by atoms with Gasteiger partial charge in [0.15, 0.2) is 0 Å². The molecular formula is C17H18N4. The largest absolute Gasteiger partial charge is 0.329 e. The molecule has 1 aromatic carbocycles. The molecule has 4 nitrogen and oxygen atoms in total. The summed E-state index contributed by atoms with van der Waals surface area (Å²) in [5.41, 5.74) is 5.26. The predicted molar refractivity (Wildman–Crippen MR) is 83.1 cm³/mol. The van der Waals surface area contributed by atoms with Crippen molar-refractivity contribution in [2.75, 3.05) is 6.54 Å². The fourth-order valence-electron chi connectivity index (χ4n) is 3.23. The van der Waals surface area contributed by atoms with Crippen LogP contribution in [-0.4, -0.2) is 21.1 Å². The van der Waals surface area contributed by atoms with E-state index in [0.29, 0.717) is 0 Å². The molecule has 21 heavy (non-hydrogen) atoms. The smallest absolute Gasteiger partial charge is 0.143 e. The van der Waals surface area contributed by atoms with E-state index in [0.717, 1.165) is 38.1 Å². The third-order valence-corrected chi connectivity index (χ3v) is 4.25. The van der Waals surface area contributed by atoms with E-state index in [4.69, 9.17) is 0 Å². The van der Waals surface area contributed by atoms with Crippen LogP contribution in [0.4, 0.5) is 0 Å². The van der Waals surface area contributed by atoms with Crippen molar-refractivity contribution in [2.24, 2.45) is 0 Å². The van der Waals surface area contributed by atoms with Crippen molar-refractivity contribution in [3.8, 4) is 0 Å². The first kappa shape index (κ1) is 12.5. The van der Waals surface area contributed by atoms with Crippen LogP contribution < -0.4 is 5.32 Å². The second-order valence-corrected chi connectivity index (χ2v) is 5.50. The van der Waals surface area contributed by atoms with E-state index in [1.54, 1.807) is 6.33 Å². The number of nitrogens with zero attached hydrogens (tertiary/aromatic N) is 3. The maximum Gasteiger partial charge on any atom is 0.143 e. The summed E-state index contributed by atoms with van der Waals surface area (Å²) in [7, 11) is 0. The van der Waals surface area contributed by atoms with Crippen LogP contribution in [0, 0.1) is 0 Å². The van der Waals surface area contributed by atoms with Gasteiger partial charge >= 0.3 is 0 Å². The number of rotatable bonds is 3. The highest BCUT2D eigenvalue weighted by Gasteiger charge is 2.20. The fourth-order valence-corrected chi connectivity index (χ4v) is 3.23. The average Bonchev–Trinajstić information content (AvgIpc) is 2.88. The Balaban J connectivity index is 1.74. The van der Waals surface area contributed by atoms with Gasteiger partial charge in [-0.3, -0.25) is 0 Å². The molecule has 0 saturated carbocycles. The van der Waals surface area contributed by atoms with Gasteiger partial charge in [0.05, 0.1) is 0 Å². The molecule has 0 saturated heterocycles. The molecule has 1 aliphatic rings. The van der Waals surface area contributed by atoms with Crippen LogP contribution in [0.15, 0.2) is 42.9 Å². The first-order chi connectivity index (χ1) is 10.4. The molecule has 106 valence electrons. The van der Waals surface area contributed by atoms with Crippen molar-refractivity contribution in [3.63, 3.8) is 0 Å². The highest BCUT2D eigenvalue weighted by atomic mass is 15.1. The number of fused-ring (bicyclic) bond motifs is 3. The molecule has 0 fully saturated rings. The Morgan fingerprint density at radius 1 is 1.19 bits per heavy atom. The molecule has 2 aromatic heterocycles. The molecule has 1 N–H and O–H groups in total. The van der Waals surface area contributed by atoms with Gasteiger partial charge in [-0.2, -0.15) is 0 Å². The highest BCUT2D eigenvalue weighted by Crippen LogP contribution is 2.26. The number of nitrogens with one attached hydrogen (secondary N) is 1. The maximum absolute atomic E-state index is 4.52. The molecule has 0 bridgehead atoms. The Labute approximate surface area is 123 Å². The third-order valence-electron chi connectivity index (χ3n) is 4.25.